The first kappa shape index (κ1) is 19.2. The van der Waals surface area contributed by atoms with Crippen LogP contribution in [0.25, 0.3) is 16.9 Å². The highest BCUT2D eigenvalue weighted by Crippen LogP contribution is 2.12. The Hall–Kier alpha value is -3.18. The molecule has 0 saturated carbocycles. The summed E-state index contributed by atoms with van der Waals surface area (Å²) in [6, 6.07) is 5.32. The molecule has 29 heavy (non-hydrogen) atoms. The topological polar surface area (TPSA) is 110 Å². The molecule has 11 heteroatoms. The summed E-state index contributed by atoms with van der Waals surface area (Å²) >= 11 is 0. The molecule has 10 nitrogen and oxygen atoms in total. The van der Waals surface area contributed by atoms with E-state index in [1.165, 1.54) is 35.9 Å². The van der Waals surface area contributed by atoms with E-state index in [0.29, 0.717) is 12.2 Å². The van der Waals surface area contributed by atoms with E-state index in [4.69, 9.17) is 0 Å². The molecule has 0 radical (unpaired) electrons. The normalized spacial score (nSPS) is 15.0. The molecule has 3 aromatic rings. The average Bonchev–Trinajstić information content (AvgIpc) is 2.75. The minimum Gasteiger partial charge on any atom is -0.352 e. The molecule has 2 N–H and O–H groups in total. The van der Waals surface area contributed by atoms with Gasteiger partial charge in [0.05, 0.1) is 5.69 Å². The van der Waals surface area contributed by atoms with E-state index in [9.17, 15) is 14.0 Å². The van der Waals surface area contributed by atoms with Crippen LogP contribution in [0.3, 0.4) is 0 Å². The number of rotatable bonds is 5. The third-order valence-corrected chi connectivity index (χ3v) is 4.87. The molecule has 0 spiro atoms. The minimum absolute atomic E-state index is 0.0103. The van der Waals surface area contributed by atoms with Gasteiger partial charge in [0.25, 0.3) is 5.56 Å². The van der Waals surface area contributed by atoms with E-state index in [1.807, 2.05) is 0 Å². The van der Waals surface area contributed by atoms with Gasteiger partial charge in [-0.3, -0.25) is 14.3 Å². The van der Waals surface area contributed by atoms with E-state index < -0.39 is 17.1 Å². The second kappa shape index (κ2) is 8.05. The number of nitrogens with one attached hydrogen (secondary N) is 2. The first-order chi connectivity index (χ1) is 14.0. The van der Waals surface area contributed by atoms with Crippen molar-refractivity contribution in [1.29, 1.82) is 0 Å². The van der Waals surface area contributed by atoms with E-state index in [1.54, 1.807) is 0 Å². The van der Waals surface area contributed by atoms with Gasteiger partial charge in [0.15, 0.2) is 11.2 Å². The lowest BCUT2D eigenvalue weighted by molar-refractivity contribution is 0.249. The third kappa shape index (κ3) is 3.87. The van der Waals surface area contributed by atoms with Crippen LogP contribution >= 0.6 is 0 Å². The van der Waals surface area contributed by atoms with Gasteiger partial charge in [-0.05, 0) is 24.3 Å². The maximum atomic E-state index is 13.3. The summed E-state index contributed by atoms with van der Waals surface area (Å²) in [4.78, 5) is 31.8. The fourth-order valence-corrected chi connectivity index (χ4v) is 3.26. The van der Waals surface area contributed by atoms with Crippen LogP contribution in [0.4, 0.5) is 10.3 Å². The van der Waals surface area contributed by atoms with Gasteiger partial charge < -0.3 is 10.6 Å². The van der Waals surface area contributed by atoms with Crippen molar-refractivity contribution in [3.63, 3.8) is 0 Å². The molecule has 1 aromatic carbocycles. The smallest absolute Gasteiger partial charge is 0.337 e. The van der Waals surface area contributed by atoms with Gasteiger partial charge in [-0.2, -0.15) is 0 Å². The lowest BCUT2D eigenvalue weighted by Crippen LogP contribution is -2.45. The number of halogens is 1. The highest BCUT2D eigenvalue weighted by atomic mass is 19.1. The summed E-state index contributed by atoms with van der Waals surface area (Å²) in [6.45, 7) is 5.29. The van der Waals surface area contributed by atoms with E-state index in [2.05, 4.69) is 30.7 Å². The molecule has 1 fully saturated rings. The lowest BCUT2D eigenvalue weighted by Gasteiger charge is -2.27. The molecule has 152 valence electrons. The van der Waals surface area contributed by atoms with Crippen molar-refractivity contribution in [2.45, 2.75) is 0 Å². The number of hydrogen-bond acceptors (Lipinski definition) is 8. The Balaban J connectivity index is 1.66. The van der Waals surface area contributed by atoms with Crippen molar-refractivity contribution in [3.8, 4) is 5.69 Å². The monoisotopic (exact) mass is 400 g/mol. The van der Waals surface area contributed by atoms with Crippen LogP contribution in [0, 0.1) is 5.82 Å². The summed E-state index contributed by atoms with van der Waals surface area (Å²) in [5.41, 5.74) is -0.769. The highest BCUT2D eigenvalue weighted by Gasteiger charge is 2.17. The van der Waals surface area contributed by atoms with Crippen molar-refractivity contribution in [2.24, 2.45) is 7.05 Å². The Morgan fingerprint density at radius 2 is 1.86 bits per heavy atom. The first-order valence-electron chi connectivity index (χ1n) is 9.34. The van der Waals surface area contributed by atoms with Crippen LogP contribution in [0.2, 0.25) is 0 Å². The molecule has 2 aromatic heterocycles. The van der Waals surface area contributed by atoms with Gasteiger partial charge in [0.1, 0.15) is 5.82 Å². The van der Waals surface area contributed by atoms with Crippen LogP contribution in [0.15, 0.2) is 33.9 Å². The molecule has 4 rings (SSSR count). The molecule has 0 aliphatic carbocycles. The lowest BCUT2D eigenvalue weighted by atomic mass is 10.3. The van der Waals surface area contributed by atoms with Crippen LogP contribution < -0.4 is 21.9 Å². The number of hydrogen-bond donors (Lipinski definition) is 2. The largest absolute Gasteiger partial charge is 0.352 e. The summed E-state index contributed by atoms with van der Waals surface area (Å²) in [5.74, 6) is -0.217. The van der Waals surface area contributed by atoms with Crippen molar-refractivity contribution in [2.75, 3.05) is 44.6 Å². The maximum Gasteiger partial charge on any atom is 0.337 e. The Kier molecular flexibility index (Phi) is 5.32. The second-order valence-corrected chi connectivity index (χ2v) is 6.78. The van der Waals surface area contributed by atoms with E-state index in [-0.39, 0.29) is 17.1 Å². The van der Waals surface area contributed by atoms with E-state index in [0.717, 1.165) is 37.3 Å². The number of aromatic nitrogens is 5. The Labute approximate surface area is 165 Å². The molecule has 0 amide bonds. The number of anilines is 1. The quantitative estimate of drug-likeness (QED) is 0.580. The third-order valence-electron chi connectivity index (χ3n) is 4.87. The number of piperazine rings is 1. The number of benzene rings is 1. The summed E-state index contributed by atoms with van der Waals surface area (Å²) < 4.78 is 15.4. The predicted molar refractivity (Wildman–Crippen MR) is 106 cm³/mol. The standard InChI is InChI=1S/C18H21FN8O2/c1-25-16(28)14-15(27(18(25)29)13-4-2-12(19)3-5-13)23-24-17(22-14)21-8-11-26-9-6-20-7-10-26/h2-5,20H,6-11H2,1H3,(H,21,22,24). The highest BCUT2D eigenvalue weighted by molar-refractivity contribution is 5.71. The van der Waals surface area contributed by atoms with Crippen molar-refractivity contribution < 1.29 is 4.39 Å². The van der Waals surface area contributed by atoms with Gasteiger partial charge >= 0.3 is 5.69 Å². The molecular formula is C18H21FN8O2. The molecule has 1 saturated heterocycles. The zero-order valence-electron chi connectivity index (χ0n) is 15.9. The van der Waals surface area contributed by atoms with Gasteiger partial charge in [-0.1, -0.05) is 0 Å². The van der Waals surface area contributed by atoms with Crippen LogP contribution in [-0.2, 0) is 7.05 Å². The second-order valence-electron chi connectivity index (χ2n) is 6.78. The number of fused-ring (bicyclic) bond motifs is 1. The Bertz CT molecular complexity index is 1140. The molecule has 1 aliphatic heterocycles. The predicted octanol–water partition coefficient (Wildman–Crippen LogP) is -0.669. The molecule has 1 aliphatic rings. The zero-order chi connectivity index (χ0) is 20.4. The van der Waals surface area contributed by atoms with Gasteiger partial charge in [0, 0.05) is 46.3 Å². The summed E-state index contributed by atoms with van der Waals surface area (Å²) in [5, 5.41) is 14.5. The fraction of sp³-hybridized carbons (Fsp3) is 0.389. The van der Waals surface area contributed by atoms with Gasteiger partial charge in [-0.15, -0.1) is 10.2 Å². The fourth-order valence-electron chi connectivity index (χ4n) is 3.26. The average molecular weight is 400 g/mol. The first-order valence-corrected chi connectivity index (χ1v) is 9.34. The molecule has 0 bridgehead atoms. The summed E-state index contributed by atoms with van der Waals surface area (Å²) in [7, 11) is 1.36. The molecule has 0 unspecified atom stereocenters. The minimum atomic E-state index is -0.607. The van der Waals surface area contributed by atoms with Gasteiger partial charge in [-0.25, -0.2) is 18.7 Å². The summed E-state index contributed by atoms with van der Waals surface area (Å²) in [6.07, 6.45) is 0. The Morgan fingerprint density at radius 3 is 2.59 bits per heavy atom. The zero-order valence-corrected chi connectivity index (χ0v) is 15.9. The van der Waals surface area contributed by atoms with Gasteiger partial charge in [0.2, 0.25) is 5.95 Å². The maximum absolute atomic E-state index is 13.3. The SMILES string of the molecule is Cn1c(=O)c2nc(NCCN3CCNCC3)nnc2n(-c2ccc(F)cc2)c1=O. The Morgan fingerprint density at radius 1 is 1.14 bits per heavy atom. The molecule has 3 heterocycles. The van der Waals surface area contributed by atoms with Crippen LogP contribution in [-0.4, -0.2) is 68.5 Å². The number of nitrogens with zero attached hydrogens (tertiary/aromatic N) is 6. The van der Waals surface area contributed by atoms with Crippen molar-refractivity contribution in [1.82, 2.24) is 34.5 Å². The van der Waals surface area contributed by atoms with Crippen LogP contribution in [0.1, 0.15) is 0 Å². The van der Waals surface area contributed by atoms with E-state index >= 15 is 0 Å². The van der Waals surface area contributed by atoms with Crippen molar-refractivity contribution in [3.05, 3.63) is 50.9 Å². The van der Waals surface area contributed by atoms with Crippen molar-refractivity contribution >= 4 is 17.1 Å². The molecule has 0 atom stereocenters. The van der Waals surface area contributed by atoms with Crippen LogP contribution in [0.5, 0.6) is 0 Å². The molecular weight excluding hydrogens is 379 g/mol.